The molecule has 0 aliphatic carbocycles. The summed E-state index contributed by atoms with van der Waals surface area (Å²) in [5.74, 6) is -0.573. The van der Waals surface area contributed by atoms with Crippen molar-refractivity contribution < 1.29 is 21.7 Å². The van der Waals surface area contributed by atoms with E-state index in [0.29, 0.717) is 6.42 Å². The predicted octanol–water partition coefficient (Wildman–Crippen LogP) is 3.20. The Morgan fingerprint density at radius 3 is 2.62 bits per heavy atom. The molecule has 24 heavy (non-hydrogen) atoms. The van der Waals surface area contributed by atoms with Crippen molar-refractivity contribution in [3.05, 3.63) is 66.0 Å². The molecule has 5 nitrogen and oxygen atoms in total. The highest BCUT2D eigenvalue weighted by atomic mass is 32.2. The Kier molecular flexibility index (Phi) is 5.21. The molecule has 2 rings (SSSR count). The molecule has 2 aromatic carbocycles. The molecule has 0 aliphatic rings. The second-order valence-corrected chi connectivity index (χ2v) is 6.32. The number of hydrogen-bond donors (Lipinski definition) is 0. The third kappa shape index (κ3) is 3.73. The molecule has 7 heteroatoms. The zero-order valence-corrected chi connectivity index (χ0v) is 13.6. The lowest BCUT2D eigenvalue weighted by Crippen LogP contribution is -2.11. The van der Waals surface area contributed by atoms with Crippen molar-refractivity contribution in [2.45, 2.75) is 11.3 Å². The molecule has 0 saturated carbocycles. The summed E-state index contributed by atoms with van der Waals surface area (Å²) in [6.07, 6.45) is 2.29. The Bertz CT molecular complexity index is 917. The fourth-order valence-corrected chi connectivity index (χ4v) is 2.95. The van der Waals surface area contributed by atoms with Crippen LogP contribution in [0, 0.1) is 17.1 Å². The summed E-state index contributed by atoms with van der Waals surface area (Å²) in [6.45, 7) is 3.63. The highest BCUT2D eigenvalue weighted by Gasteiger charge is 2.21. The third-order valence-electron chi connectivity index (χ3n) is 3.15. The molecule has 0 spiro atoms. The lowest BCUT2D eigenvalue weighted by molar-refractivity contribution is 0.390. The number of halogens is 1. The fourth-order valence-electron chi connectivity index (χ4n) is 1.99. The number of rotatable bonds is 6. The third-order valence-corrected chi connectivity index (χ3v) is 4.38. The van der Waals surface area contributed by atoms with Crippen molar-refractivity contribution in [1.29, 1.82) is 5.26 Å². The van der Waals surface area contributed by atoms with Crippen LogP contribution in [0.5, 0.6) is 11.5 Å². The minimum Gasteiger partial charge on any atom is -0.493 e. The zero-order chi connectivity index (χ0) is 17.7. The van der Waals surface area contributed by atoms with Crippen LogP contribution in [0.3, 0.4) is 0 Å². The van der Waals surface area contributed by atoms with Gasteiger partial charge in [0, 0.05) is 0 Å². The molecule has 0 fully saturated rings. The van der Waals surface area contributed by atoms with E-state index in [9.17, 15) is 12.8 Å². The minimum atomic E-state index is -4.24. The van der Waals surface area contributed by atoms with E-state index < -0.39 is 15.9 Å². The molecule has 2 aromatic rings. The van der Waals surface area contributed by atoms with E-state index in [1.807, 2.05) is 0 Å². The van der Waals surface area contributed by atoms with E-state index >= 15 is 0 Å². The van der Waals surface area contributed by atoms with Gasteiger partial charge in [-0.3, -0.25) is 0 Å². The van der Waals surface area contributed by atoms with Crippen LogP contribution in [0.4, 0.5) is 4.39 Å². The molecule has 0 atom stereocenters. The molecule has 0 heterocycles. The summed E-state index contributed by atoms with van der Waals surface area (Å²) < 4.78 is 48.2. The van der Waals surface area contributed by atoms with Crippen LogP contribution in [0.1, 0.15) is 11.1 Å². The van der Waals surface area contributed by atoms with Gasteiger partial charge in [0.15, 0.2) is 11.5 Å². The van der Waals surface area contributed by atoms with Crippen molar-refractivity contribution in [3.63, 3.8) is 0 Å². The maximum absolute atomic E-state index is 13.3. The van der Waals surface area contributed by atoms with Crippen LogP contribution >= 0.6 is 0 Å². The molecule has 0 N–H and O–H groups in total. The highest BCUT2D eigenvalue weighted by molar-refractivity contribution is 7.87. The van der Waals surface area contributed by atoms with Gasteiger partial charge >= 0.3 is 10.1 Å². The van der Waals surface area contributed by atoms with Gasteiger partial charge in [0.05, 0.1) is 12.7 Å². The Balaban J connectivity index is 2.39. The molecular formula is C17H14FNO4S. The first-order valence-corrected chi connectivity index (χ1v) is 8.24. The van der Waals surface area contributed by atoms with Crippen molar-refractivity contribution >= 4 is 10.1 Å². The van der Waals surface area contributed by atoms with Gasteiger partial charge in [0.2, 0.25) is 0 Å². The van der Waals surface area contributed by atoms with Gasteiger partial charge in [-0.2, -0.15) is 13.7 Å². The largest absolute Gasteiger partial charge is 0.493 e. The second-order valence-electron chi connectivity index (χ2n) is 4.77. The van der Waals surface area contributed by atoms with Crippen LogP contribution < -0.4 is 8.92 Å². The predicted molar refractivity (Wildman–Crippen MR) is 85.8 cm³/mol. The van der Waals surface area contributed by atoms with Gasteiger partial charge in [-0.15, -0.1) is 6.58 Å². The molecule has 0 radical (unpaired) electrons. The van der Waals surface area contributed by atoms with Gasteiger partial charge in [0.25, 0.3) is 0 Å². The van der Waals surface area contributed by atoms with Crippen LogP contribution in [0.2, 0.25) is 0 Å². The summed E-state index contributed by atoms with van der Waals surface area (Å²) >= 11 is 0. The van der Waals surface area contributed by atoms with Gasteiger partial charge in [-0.25, -0.2) is 4.39 Å². The summed E-state index contributed by atoms with van der Waals surface area (Å²) in [5, 5.41) is 8.81. The molecule has 124 valence electrons. The first kappa shape index (κ1) is 17.5. The van der Waals surface area contributed by atoms with E-state index in [4.69, 9.17) is 14.2 Å². The van der Waals surface area contributed by atoms with Gasteiger partial charge in [-0.05, 0) is 42.3 Å². The van der Waals surface area contributed by atoms with Crippen molar-refractivity contribution in [2.75, 3.05) is 7.11 Å². The number of allylic oxidation sites excluding steroid dienone is 1. The summed E-state index contributed by atoms with van der Waals surface area (Å²) in [4.78, 5) is -0.322. The van der Waals surface area contributed by atoms with E-state index in [0.717, 1.165) is 23.8 Å². The van der Waals surface area contributed by atoms with Crippen molar-refractivity contribution in [3.8, 4) is 17.6 Å². The molecular weight excluding hydrogens is 333 g/mol. The summed E-state index contributed by atoms with van der Waals surface area (Å²) in [6, 6.07) is 9.22. The first-order valence-electron chi connectivity index (χ1n) is 6.83. The topological polar surface area (TPSA) is 76.4 Å². The average molecular weight is 347 g/mol. The van der Waals surface area contributed by atoms with E-state index in [2.05, 4.69) is 6.58 Å². The molecule has 0 amide bonds. The van der Waals surface area contributed by atoms with Gasteiger partial charge in [-0.1, -0.05) is 12.1 Å². The normalized spacial score (nSPS) is 10.7. The molecule has 0 aromatic heterocycles. The van der Waals surface area contributed by atoms with Gasteiger partial charge in [0.1, 0.15) is 16.8 Å². The number of nitriles is 1. The van der Waals surface area contributed by atoms with E-state index in [1.165, 1.54) is 13.2 Å². The Hall–Kier alpha value is -2.85. The SMILES string of the molecule is C=CCc1ccc(OS(=O)(=O)c2ccc(F)c(C#N)c2)c(OC)c1. The van der Waals surface area contributed by atoms with E-state index in [1.54, 1.807) is 24.3 Å². The van der Waals surface area contributed by atoms with Crippen molar-refractivity contribution in [1.82, 2.24) is 0 Å². The van der Waals surface area contributed by atoms with Crippen molar-refractivity contribution in [2.24, 2.45) is 0 Å². The average Bonchev–Trinajstić information content (AvgIpc) is 2.56. The monoisotopic (exact) mass is 347 g/mol. The highest BCUT2D eigenvalue weighted by Crippen LogP contribution is 2.31. The maximum atomic E-state index is 13.3. The van der Waals surface area contributed by atoms with Gasteiger partial charge < -0.3 is 8.92 Å². The number of methoxy groups -OCH3 is 1. The van der Waals surface area contributed by atoms with Crippen LogP contribution in [-0.2, 0) is 16.5 Å². The lowest BCUT2D eigenvalue weighted by Gasteiger charge is -2.12. The molecule has 0 unspecified atom stereocenters. The Labute approximate surface area is 139 Å². The maximum Gasteiger partial charge on any atom is 0.339 e. The number of nitrogens with zero attached hydrogens (tertiary/aromatic N) is 1. The first-order chi connectivity index (χ1) is 11.4. The smallest absolute Gasteiger partial charge is 0.339 e. The summed E-state index contributed by atoms with van der Waals surface area (Å²) in [7, 11) is -2.85. The van der Waals surface area contributed by atoms with E-state index in [-0.39, 0.29) is 22.0 Å². The number of benzene rings is 2. The van der Waals surface area contributed by atoms with Crippen LogP contribution in [0.25, 0.3) is 0 Å². The quantitative estimate of drug-likeness (QED) is 0.592. The second kappa shape index (κ2) is 7.15. The number of hydrogen-bond acceptors (Lipinski definition) is 5. The number of ether oxygens (including phenoxy) is 1. The van der Waals surface area contributed by atoms with Crippen LogP contribution in [0.15, 0.2) is 53.9 Å². The standard InChI is InChI=1S/C17H14FNO4S/c1-3-4-12-5-8-16(17(9-12)22-2)23-24(20,21)14-6-7-15(18)13(10-14)11-19/h3,5-10H,1,4H2,2H3. The lowest BCUT2D eigenvalue weighted by atomic mass is 10.1. The Morgan fingerprint density at radius 2 is 2.00 bits per heavy atom. The molecule has 0 aliphatic heterocycles. The minimum absolute atomic E-state index is 0.00635. The zero-order valence-electron chi connectivity index (χ0n) is 12.8. The fraction of sp³-hybridized carbons (Fsp3) is 0.118. The molecule has 0 saturated heterocycles. The molecule has 0 bridgehead atoms. The Morgan fingerprint density at radius 1 is 1.25 bits per heavy atom. The summed E-state index contributed by atoms with van der Waals surface area (Å²) in [5.41, 5.74) is 0.494. The van der Waals surface area contributed by atoms with Crippen LogP contribution in [-0.4, -0.2) is 15.5 Å².